The number of aliphatic hydroxyl groups is 1. The molecule has 170 valence electrons. The van der Waals surface area contributed by atoms with Gasteiger partial charge in [0.1, 0.15) is 5.75 Å². The Hall–Kier alpha value is -2.93. The Labute approximate surface area is 185 Å². The van der Waals surface area contributed by atoms with Crippen molar-refractivity contribution >= 4 is 5.96 Å². The number of nitrogens with zero attached hydrogens (tertiary/aromatic N) is 1. The molecule has 3 N–H and O–H groups in total. The third-order valence-electron chi connectivity index (χ3n) is 4.54. The Bertz CT molecular complexity index is 839. The second-order valence-electron chi connectivity index (χ2n) is 7.34. The Kier molecular flexibility index (Phi) is 9.97. The third kappa shape index (κ3) is 8.02. The predicted molar refractivity (Wildman–Crippen MR) is 124 cm³/mol. The standard InChI is InChI=1S/C24H35N3O4/c1-6-25-24(26-13-12-18-10-11-22(29-4)23(14-18)30-5)27-16-21(28)19-8-7-9-20(15-19)31-17(2)3/h7-11,14-15,17,21,28H,6,12-13,16H2,1-5H3,(H2,25,26,27). The second-order valence-corrected chi connectivity index (χ2v) is 7.34. The van der Waals surface area contributed by atoms with E-state index in [9.17, 15) is 5.11 Å². The lowest BCUT2D eigenvalue weighted by Crippen LogP contribution is -2.38. The Morgan fingerprint density at radius 2 is 1.81 bits per heavy atom. The number of guanidine groups is 1. The molecule has 2 aromatic carbocycles. The number of ether oxygens (including phenoxy) is 3. The van der Waals surface area contributed by atoms with Gasteiger partial charge in [-0.2, -0.15) is 0 Å². The van der Waals surface area contributed by atoms with E-state index in [2.05, 4.69) is 15.6 Å². The molecule has 1 unspecified atom stereocenters. The molecule has 0 fully saturated rings. The summed E-state index contributed by atoms with van der Waals surface area (Å²) in [6, 6.07) is 13.4. The van der Waals surface area contributed by atoms with Crippen molar-refractivity contribution in [3.63, 3.8) is 0 Å². The van der Waals surface area contributed by atoms with Crippen LogP contribution in [0.15, 0.2) is 47.5 Å². The van der Waals surface area contributed by atoms with E-state index in [0.29, 0.717) is 24.0 Å². The molecule has 0 aliphatic carbocycles. The van der Waals surface area contributed by atoms with E-state index in [-0.39, 0.29) is 12.6 Å². The lowest BCUT2D eigenvalue weighted by molar-refractivity contribution is 0.185. The van der Waals surface area contributed by atoms with Crippen LogP contribution >= 0.6 is 0 Å². The minimum atomic E-state index is -0.711. The number of benzene rings is 2. The average molecular weight is 430 g/mol. The first kappa shape index (κ1) is 24.3. The van der Waals surface area contributed by atoms with Crippen molar-refractivity contribution < 1.29 is 19.3 Å². The summed E-state index contributed by atoms with van der Waals surface area (Å²) in [6.07, 6.45) is 0.166. The Balaban J connectivity index is 1.94. The Morgan fingerprint density at radius 3 is 2.48 bits per heavy atom. The molecule has 7 heteroatoms. The summed E-state index contributed by atoms with van der Waals surface area (Å²) in [5, 5.41) is 17.1. The fraction of sp³-hybridized carbons (Fsp3) is 0.458. The van der Waals surface area contributed by atoms with Crippen molar-refractivity contribution in [3.8, 4) is 17.2 Å². The van der Waals surface area contributed by atoms with Crippen LogP contribution in [0.2, 0.25) is 0 Å². The summed E-state index contributed by atoms with van der Waals surface area (Å²) >= 11 is 0. The zero-order valence-corrected chi connectivity index (χ0v) is 19.1. The van der Waals surface area contributed by atoms with E-state index < -0.39 is 6.10 Å². The molecule has 0 spiro atoms. The van der Waals surface area contributed by atoms with Crippen LogP contribution in [0.3, 0.4) is 0 Å². The maximum Gasteiger partial charge on any atom is 0.191 e. The third-order valence-corrected chi connectivity index (χ3v) is 4.54. The van der Waals surface area contributed by atoms with Crippen molar-refractivity contribution in [2.75, 3.05) is 33.9 Å². The van der Waals surface area contributed by atoms with E-state index >= 15 is 0 Å². The highest BCUT2D eigenvalue weighted by molar-refractivity contribution is 5.79. The SMILES string of the molecule is CCNC(=NCC(O)c1cccc(OC(C)C)c1)NCCc1ccc(OC)c(OC)c1. The van der Waals surface area contributed by atoms with Crippen molar-refractivity contribution in [2.45, 2.75) is 39.4 Å². The van der Waals surface area contributed by atoms with Gasteiger partial charge in [0, 0.05) is 13.1 Å². The molecular formula is C24H35N3O4. The number of methoxy groups -OCH3 is 2. The fourth-order valence-electron chi connectivity index (χ4n) is 3.05. The highest BCUT2D eigenvalue weighted by Crippen LogP contribution is 2.27. The first-order valence-corrected chi connectivity index (χ1v) is 10.6. The second kappa shape index (κ2) is 12.7. The minimum absolute atomic E-state index is 0.0839. The summed E-state index contributed by atoms with van der Waals surface area (Å²) in [7, 11) is 3.26. The fourth-order valence-corrected chi connectivity index (χ4v) is 3.05. The quantitative estimate of drug-likeness (QED) is 0.375. The highest BCUT2D eigenvalue weighted by Gasteiger charge is 2.10. The molecule has 2 aromatic rings. The first-order valence-electron chi connectivity index (χ1n) is 10.6. The summed E-state index contributed by atoms with van der Waals surface area (Å²) in [4.78, 5) is 4.53. The summed E-state index contributed by atoms with van der Waals surface area (Å²) in [5.41, 5.74) is 1.91. The van der Waals surface area contributed by atoms with Crippen molar-refractivity contribution in [1.82, 2.24) is 10.6 Å². The van der Waals surface area contributed by atoms with Gasteiger partial charge >= 0.3 is 0 Å². The monoisotopic (exact) mass is 429 g/mol. The molecule has 0 bridgehead atoms. The van der Waals surface area contributed by atoms with E-state index in [0.717, 1.165) is 29.8 Å². The van der Waals surface area contributed by atoms with Gasteiger partial charge in [-0.1, -0.05) is 18.2 Å². The van der Waals surface area contributed by atoms with Crippen molar-refractivity contribution in [1.29, 1.82) is 0 Å². The largest absolute Gasteiger partial charge is 0.493 e. The van der Waals surface area contributed by atoms with E-state index in [1.165, 1.54) is 0 Å². The molecule has 2 rings (SSSR count). The van der Waals surface area contributed by atoms with E-state index in [1.54, 1.807) is 14.2 Å². The number of aliphatic imine (C=N–C) groups is 1. The summed E-state index contributed by atoms with van der Waals surface area (Å²) < 4.78 is 16.3. The van der Waals surface area contributed by atoms with Crippen LogP contribution in [0, 0.1) is 0 Å². The molecule has 1 atom stereocenters. The predicted octanol–water partition coefficient (Wildman–Crippen LogP) is 3.32. The highest BCUT2D eigenvalue weighted by atomic mass is 16.5. The maximum atomic E-state index is 10.6. The van der Waals surface area contributed by atoms with Gasteiger partial charge in [-0.05, 0) is 62.6 Å². The number of rotatable bonds is 11. The van der Waals surface area contributed by atoms with Gasteiger partial charge in [-0.3, -0.25) is 4.99 Å². The van der Waals surface area contributed by atoms with Gasteiger partial charge in [0.05, 0.1) is 33.0 Å². The molecule has 31 heavy (non-hydrogen) atoms. The molecule has 0 saturated heterocycles. The van der Waals surface area contributed by atoms with Gasteiger partial charge in [0.25, 0.3) is 0 Å². The zero-order valence-electron chi connectivity index (χ0n) is 19.1. The minimum Gasteiger partial charge on any atom is -0.493 e. The maximum absolute atomic E-state index is 10.6. The molecular weight excluding hydrogens is 394 g/mol. The normalized spacial score (nSPS) is 12.4. The average Bonchev–Trinajstić information content (AvgIpc) is 2.76. The number of hydrogen-bond donors (Lipinski definition) is 3. The van der Waals surface area contributed by atoms with Crippen LogP contribution in [0.5, 0.6) is 17.2 Å². The van der Waals surface area contributed by atoms with Crippen molar-refractivity contribution in [2.24, 2.45) is 4.99 Å². The number of hydrogen-bond acceptors (Lipinski definition) is 5. The van der Waals surface area contributed by atoms with Gasteiger partial charge < -0.3 is 30.0 Å². The smallest absolute Gasteiger partial charge is 0.191 e. The molecule has 0 saturated carbocycles. The molecule has 0 aliphatic rings. The lowest BCUT2D eigenvalue weighted by Gasteiger charge is -2.15. The first-order chi connectivity index (χ1) is 15.0. The van der Waals surface area contributed by atoms with Crippen LogP contribution in [0.4, 0.5) is 0 Å². The molecule has 0 aromatic heterocycles. The zero-order chi connectivity index (χ0) is 22.6. The van der Waals surface area contributed by atoms with Gasteiger partial charge in [0.2, 0.25) is 0 Å². The van der Waals surface area contributed by atoms with Crippen LogP contribution in [-0.4, -0.2) is 51.0 Å². The summed E-state index contributed by atoms with van der Waals surface area (Å²) in [6.45, 7) is 7.63. The molecule has 0 heterocycles. The molecule has 0 aliphatic heterocycles. The molecule has 7 nitrogen and oxygen atoms in total. The van der Waals surface area contributed by atoms with E-state index in [4.69, 9.17) is 14.2 Å². The number of nitrogens with one attached hydrogen (secondary N) is 2. The van der Waals surface area contributed by atoms with Gasteiger partial charge in [-0.25, -0.2) is 0 Å². The van der Waals surface area contributed by atoms with Crippen LogP contribution in [0.25, 0.3) is 0 Å². The van der Waals surface area contributed by atoms with Crippen LogP contribution in [-0.2, 0) is 6.42 Å². The van der Waals surface area contributed by atoms with Crippen LogP contribution in [0.1, 0.15) is 38.0 Å². The molecule has 0 amide bonds. The lowest BCUT2D eigenvalue weighted by atomic mass is 10.1. The van der Waals surface area contributed by atoms with Gasteiger partial charge in [-0.15, -0.1) is 0 Å². The van der Waals surface area contributed by atoms with E-state index in [1.807, 2.05) is 63.2 Å². The van der Waals surface area contributed by atoms with Gasteiger partial charge in [0.15, 0.2) is 17.5 Å². The van der Waals surface area contributed by atoms with Crippen molar-refractivity contribution in [3.05, 3.63) is 53.6 Å². The Morgan fingerprint density at radius 1 is 1.03 bits per heavy atom. The topological polar surface area (TPSA) is 84.3 Å². The molecule has 0 radical (unpaired) electrons. The summed E-state index contributed by atoms with van der Waals surface area (Å²) in [5.74, 6) is 2.84. The number of aliphatic hydroxyl groups excluding tert-OH is 1. The van der Waals surface area contributed by atoms with Crippen LogP contribution < -0.4 is 24.8 Å².